The third-order valence-corrected chi connectivity index (χ3v) is 7.77. The summed E-state index contributed by atoms with van der Waals surface area (Å²) in [7, 11) is 0. The average Bonchev–Trinajstić information content (AvgIpc) is 2.99. The molecule has 0 radical (unpaired) electrons. The standard InChI is InChI=1S/C35H45FO5/c1-4-6-7-8-9-10-11-14-23-41-35(21-19-27(20-22-35)33(37)38)31-16-13-12-15-29(31)30-18-17-28(24-32(30)36)34(39)40-25-26(3)5-2/h12-13,15-22,24,26-27H,4-11,14,23,25H2,1-3H3,(H,37,38)/t26-,27?,35?/m0/s1. The molecular formula is C35H45FO5. The third kappa shape index (κ3) is 9.12. The predicted molar refractivity (Wildman–Crippen MR) is 161 cm³/mol. The van der Waals surface area contributed by atoms with Gasteiger partial charge in [0.2, 0.25) is 0 Å². The van der Waals surface area contributed by atoms with Crippen LogP contribution in [0, 0.1) is 17.7 Å². The monoisotopic (exact) mass is 564 g/mol. The molecule has 0 fully saturated rings. The molecule has 0 saturated carbocycles. The lowest BCUT2D eigenvalue weighted by Gasteiger charge is -2.33. The molecule has 5 nitrogen and oxygen atoms in total. The fourth-order valence-electron chi connectivity index (χ4n) is 4.95. The van der Waals surface area contributed by atoms with E-state index >= 15 is 4.39 Å². The van der Waals surface area contributed by atoms with E-state index in [9.17, 15) is 14.7 Å². The lowest BCUT2D eigenvalue weighted by atomic mass is 9.82. The molecule has 41 heavy (non-hydrogen) atoms. The summed E-state index contributed by atoms with van der Waals surface area (Å²) in [6.07, 6.45) is 17.0. The van der Waals surface area contributed by atoms with Crippen LogP contribution in [0.2, 0.25) is 0 Å². The van der Waals surface area contributed by atoms with Crippen LogP contribution in [0.5, 0.6) is 0 Å². The van der Waals surface area contributed by atoms with Gasteiger partial charge in [0.25, 0.3) is 0 Å². The van der Waals surface area contributed by atoms with Gasteiger partial charge in [-0.25, -0.2) is 9.18 Å². The maximum atomic E-state index is 15.5. The van der Waals surface area contributed by atoms with Crippen LogP contribution in [0.4, 0.5) is 4.39 Å². The molecule has 0 aliphatic heterocycles. The SMILES string of the molecule is CCCCCCCCCCOC1(c2ccccc2-c2ccc(C(=O)OC[C@@H](C)CC)cc2F)C=CC(C(=O)O)C=C1. The first-order valence-electron chi connectivity index (χ1n) is 15.1. The minimum absolute atomic E-state index is 0.162. The summed E-state index contributed by atoms with van der Waals surface area (Å²) in [6, 6.07) is 11.8. The van der Waals surface area contributed by atoms with Gasteiger partial charge in [-0.1, -0.05) is 115 Å². The number of benzene rings is 2. The number of carbonyl (C=O) groups excluding carboxylic acids is 1. The fourth-order valence-corrected chi connectivity index (χ4v) is 4.95. The predicted octanol–water partition coefficient (Wildman–Crippen LogP) is 8.88. The van der Waals surface area contributed by atoms with Crippen molar-refractivity contribution in [3.63, 3.8) is 0 Å². The summed E-state index contributed by atoms with van der Waals surface area (Å²) in [5, 5.41) is 9.52. The molecule has 6 heteroatoms. The highest BCUT2D eigenvalue weighted by Gasteiger charge is 2.34. The number of ether oxygens (including phenoxy) is 2. The van der Waals surface area contributed by atoms with Crippen molar-refractivity contribution in [3.8, 4) is 11.1 Å². The van der Waals surface area contributed by atoms with Crippen molar-refractivity contribution < 1.29 is 28.6 Å². The van der Waals surface area contributed by atoms with Crippen molar-refractivity contribution in [2.24, 2.45) is 11.8 Å². The van der Waals surface area contributed by atoms with Crippen LogP contribution < -0.4 is 0 Å². The van der Waals surface area contributed by atoms with Gasteiger partial charge < -0.3 is 14.6 Å². The first-order chi connectivity index (χ1) is 19.8. The van der Waals surface area contributed by atoms with Crippen LogP contribution in [-0.4, -0.2) is 30.3 Å². The molecule has 0 heterocycles. The van der Waals surface area contributed by atoms with Gasteiger partial charge in [-0.05, 0) is 47.8 Å². The molecule has 1 N–H and O–H groups in total. The lowest BCUT2D eigenvalue weighted by Crippen LogP contribution is -2.30. The summed E-state index contributed by atoms with van der Waals surface area (Å²) < 4.78 is 27.4. The molecule has 0 bridgehead atoms. The Morgan fingerprint density at radius 3 is 2.22 bits per heavy atom. The molecule has 2 aromatic rings. The first kappa shape index (κ1) is 32.3. The van der Waals surface area contributed by atoms with Gasteiger partial charge in [0.1, 0.15) is 11.4 Å². The van der Waals surface area contributed by atoms with Gasteiger partial charge in [-0.2, -0.15) is 0 Å². The van der Waals surface area contributed by atoms with Crippen LogP contribution in [0.25, 0.3) is 11.1 Å². The zero-order valence-electron chi connectivity index (χ0n) is 24.7. The Bertz CT molecular complexity index is 1190. The van der Waals surface area contributed by atoms with E-state index < -0.39 is 29.3 Å². The Morgan fingerprint density at radius 1 is 0.927 bits per heavy atom. The number of hydrogen-bond donors (Lipinski definition) is 1. The van der Waals surface area contributed by atoms with E-state index in [0.717, 1.165) is 25.7 Å². The Balaban J connectivity index is 1.82. The van der Waals surface area contributed by atoms with Crippen LogP contribution >= 0.6 is 0 Å². The Hall–Kier alpha value is -3.25. The fraction of sp³-hybridized carbons (Fsp3) is 0.486. The van der Waals surface area contributed by atoms with Crippen molar-refractivity contribution in [1.82, 2.24) is 0 Å². The van der Waals surface area contributed by atoms with E-state index in [1.807, 2.05) is 38.1 Å². The minimum atomic E-state index is -1.04. The largest absolute Gasteiger partial charge is 0.481 e. The Kier molecular flexibility index (Phi) is 12.8. The number of carboxylic acid groups (broad SMARTS) is 1. The highest BCUT2D eigenvalue weighted by Crippen LogP contribution is 2.40. The zero-order chi connectivity index (χ0) is 29.7. The van der Waals surface area contributed by atoms with Crippen molar-refractivity contribution in [1.29, 1.82) is 0 Å². The second-order valence-corrected chi connectivity index (χ2v) is 11.1. The van der Waals surface area contributed by atoms with Crippen molar-refractivity contribution >= 4 is 11.9 Å². The molecule has 0 unspecified atom stereocenters. The number of aliphatic carboxylic acids is 1. The van der Waals surface area contributed by atoms with E-state index in [2.05, 4.69) is 6.92 Å². The number of carboxylic acids is 1. The molecule has 1 aliphatic carbocycles. The number of esters is 1. The molecule has 2 aromatic carbocycles. The molecule has 1 atom stereocenters. The van der Waals surface area contributed by atoms with E-state index in [-0.39, 0.29) is 18.1 Å². The van der Waals surface area contributed by atoms with Gasteiger partial charge in [0, 0.05) is 12.2 Å². The van der Waals surface area contributed by atoms with Crippen LogP contribution in [0.1, 0.15) is 94.5 Å². The molecule has 0 spiro atoms. The quantitative estimate of drug-likeness (QED) is 0.118. The lowest BCUT2D eigenvalue weighted by molar-refractivity contribution is -0.138. The number of carbonyl (C=O) groups is 2. The number of unbranched alkanes of at least 4 members (excludes halogenated alkanes) is 7. The first-order valence-corrected chi connectivity index (χ1v) is 15.1. The van der Waals surface area contributed by atoms with Crippen molar-refractivity contribution in [3.05, 3.63) is 83.7 Å². The summed E-state index contributed by atoms with van der Waals surface area (Å²) in [6.45, 7) is 7.01. The van der Waals surface area contributed by atoms with Crippen LogP contribution in [0.15, 0.2) is 66.8 Å². The highest BCUT2D eigenvalue weighted by atomic mass is 19.1. The average molecular weight is 565 g/mol. The van der Waals surface area contributed by atoms with Gasteiger partial charge in [-0.15, -0.1) is 0 Å². The van der Waals surface area contributed by atoms with E-state index in [1.54, 1.807) is 36.4 Å². The second-order valence-electron chi connectivity index (χ2n) is 11.1. The normalized spacial score (nSPS) is 18.8. The zero-order valence-corrected chi connectivity index (χ0v) is 24.7. The van der Waals surface area contributed by atoms with Gasteiger partial charge in [0.05, 0.1) is 18.1 Å². The summed E-state index contributed by atoms with van der Waals surface area (Å²) in [5.41, 5.74) is 0.778. The molecule has 0 aromatic heterocycles. The van der Waals surface area contributed by atoms with Crippen LogP contribution in [0.3, 0.4) is 0 Å². The molecule has 0 amide bonds. The van der Waals surface area contributed by atoms with Gasteiger partial charge in [-0.3, -0.25) is 4.79 Å². The van der Waals surface area contributed by atoms with E-state index in [4.69, 9.17) is 9.47 Å². The molecule has 3 rings (SSSR count). The third-order valence-electron chi connectivity index (χ3n) is 7.77. The van der Waals surface area contributed by atoms with E-state index in [0.29, 0.717) is 23.3 Å². The summed E-state index contributed by atoms with van der Waals surface area (Å²) >= 11 is 0. The molecular weight excluding hydrogens is 519 g/mol. The minimum Gasteiger partial charge on any atom is -0.481 e. The van der Waals surface area contributed by atoms with E-state index in [1.165, 1.54) is 38.2 Å². The van der Waals surface area contributed by atoms with Crippen LogP contribution in [-0.2, 0) is 19.9 Å². The summed E-state index contributed by atoms with van der Waals surface area (Å²) in [4.78, 5) is 24.1. The Labute approximate surface area is 244 Å². The Morgan fingerprint density at radius 2 is 1.59 bits per heavy atom. The number of rotatable bonds is 17. The maximum Gasteiger partial charge on any atom is 0.338 e. The van der Waals surface area contributed by atoms with Crippen molar-refractivity contribution in [2.45, 2.75) is 84.2 Å². The number of hydrogen-bond acceptors (Lipinski definition) is 4. The second kappa shape index (κ2) is 16.3. The van der Waals surface area contributed by atoms with Crippen molar-refractivity contribution in [2.75, 3.05) is 13.2 Å². The molecule has 222 valence electrons. The summed E-state index contributed by atoms with van der Waals surface area (Å²) in [5.74, 6) is -2.55. The topological polar surface area (TPSA) is 72.8 Å². The smallest absolute Gasteiger partial charge is 0.338 e. The molecule has 1 aliphatic rings. The van der Waals surface area contributed by atoms with Gasteiger partial charge in [0.15, 0.2) is 0 Å². The highest BCUT2D eigenvalue weighted by molar-refractivity contribution is 5.90. The maximum absolute atomic E-state index is 15.5. The molecule has 0 saturated heterocycles. The number of halogens is 1. The van der Waals surface area contributed by atoms with Gasteiger partial charge >= 0.3 is 11.9 Å².